The summed E-state index contributed by atoms with van der Waals surface area (Å²) >= 11 is 0. The Kier molecular flexibility index (Phi) is 7.45. The zero-order chi connectivity index (χ0) is 24.8. The largest absolute Gasteiger partial charge is 0.476 e. The summed E-state index contributed by atoms with van der Waals surface area (Å²) in [5.74, 6) is -1.55. The van der Waals surface area contributed by atoms with Gasteiger partial charge in [-0.3, -0.25) is 4.79 Å². The first-order valence-electron chi connectivity index (χ1n) is 11.5. The molecule has 3 aromatic rings. The van der Waals surface area contributed by atoms with E-state index < -0.39 is 12.1 Å². The second kappa shape index (κ2) is 10.9. The Hall–Kier alpha value is -4.14. The van der Waals surface area contributed by atoms with Crippen molar-refractivity contribution in [2.75, 3.05) is 13.2 Å². The quantitative estimate of drug-likeness (QED) is 0.403. The summed E-state index contributed by atoms with van der Waals surface area (Å²) in [6.45, 7) is 2.36. The van der Waals surface area contributed by atoms with Crippen LogP contribution in [0, 0.1) is 5.92 Å². The van der Waals surface area contributed by atoms with Gasteiger partial charge < -0.3 is 24.9 Å². The van der Waals surface area contributed by atoms with Crippen LogP contribution in [0.3, 0.4) is 0 Å². The van der Waals surface area contributed by atoms with Crippen molar-refractivity contribution in [3.8, 4) is 11.1 Å². The van der Waals surface area contributed by atoms with Crippen LogP contribution in [0.2, 0.25) is 0 Å². The molecule has 1 unspecified atom stereocenters. The van der Waals surface area contributed by atoms with E-state index in [0.717, 1.165) is 28.6 Å². The van der Waals surface area contributed by atoms with Gasteiger partial charge in [-0.05, 0) is 28.2 Å². The Morgan fingerprint density at radius 1 is 1.06 bits per heavy atom. The minimum absolute atomic E-state index is 0.0207. The van der Waals surface area contributed by atoms with E-state index in [1.165, 1.54) is 0 Å². The second-order valence-corrected chi connectivity index (χ2v) is 8.39. The molecule has 9 nitrogen and oxygen atoms in total. The number of aromatic carboxylic acids is 1. The number of ether oxygens (including phenoxy) is 1. The Labute approximate surface area is 202 Å². The highest BCUT2D eigenvalue weighted by atomic mass is 16.5. The van der Waals surface area contributed by atoms with Gasteiger partial charge in [-0.2, -0.15) is 0 Å². The molecule has 1 aromatic heterocycles. The minimum Gasteiger partial charge on any atom is -0.476 e. The van der Waals surface area contributed by atoms with E-state index in [1.807, 2.05) is 31.2 Å². The fourth-order valence-corrected chi connectivity index (χ4v) is 4.32. The van der Waals surface area contributed by atoms with E-state index in [4.69, 9.17) is 14.3 Å². The van der Waals surface area contributed by atoms with Crippen LogP contribution < -0.4 is 10.6 Å². The zero-order valence-electron chi connectivity index (χ0n) is 19.3. The summed E-state index contributed by atoms with van der Waals surface area (Å²) in [4.78, 5) is 39.4. The number of fused-ring (bicyclic) bond motifs is 3. The van der Waals surface area contributed by atoms with Crippen molar-refractivity contribution in [2.24, 2.45) is 5.92 Å². The van der Waals surface area contributed by atoms with Gasteiger partial charge in [0, 0.05) is 18.9 Å². The van der Waals surface area contributed by atoms with Crippen LogP contribution in [0.15, 0.2) is 59.3 Å². The molecule has 9 heteroatoms. The number of carboxylic acids is 1. The van der Waals surface area contributed by atoms with E-state index in [2.05, 4.69) is 39.9 Å². The van der Waals surface area contributed by atoms with E-state index >= 15 is 0 Å². The van der Waals surface area contributed by atoms with Gasteiger partial charge in [0.1, 0.15) is 6.61 Å². The number of carbonyl (C=O) groups is 3. The number of alkyl carbamates (subject to hydrolysis) is 1. The van der Waals surface area contributed by atoms with Crippen LogP contribution in [0.5, 0.6) is 0 Å². The van der Waals surface area contributed by atoms with Crippen molar-refractivity contribution in [3.63, 3.8) is 0 Å². The molecule has 2 amide bonds. The SMILES string of the molecule is CCC(CNC(=O)OCC1c2ccccc2-c2ccccc21)CC(=O)NCc1ocnc1C(=O)O. The number of nitrogens with one attached hydrogen (secondary N) is 2. The monoisotopic (exact) mass is 477 g/mol. The van der Waals surface area contributed by atoms with Crippen LogP contribution in [0.25, 0.3) is 11.1 Å². The number of hydrogen-bond acceptors (Lipinski definition) is 6. The normalized spacial score (nSPS) is 12.9. The Morgan fingerprint density at radius 3 is 2.34 bits per heavy atom. The van der Waals surface area contributed by atoms with Gasteiger partial charge in [0.2, 0.25) is 5.91 Å². The highest BCUT2D eigenvalue weighted by Gasteiger charge is 2.29. The van der Waals surface area contributed by atoms with E-state index in [-0.39, 0.29) is 55.3 Å². The van der Waals surface area contributed by atoms with Crippen LogP contribution in [-0.2, 0) is 16.1 Å². The molecule has 35 heavy (non-hydrogen) atoms. The van der Waals surface area contributed by atoms with Crippen molar-refractivity contribution < 1.29 is 28.6 Å². The molecule has 0 saturated carbocycles. The molecule has 0 fully saturated rings. The molecular formula is C26H27N3O6. The lowest BCUT2D eigenvalue weighted by Gasteiger charge is -2.17. The number of carbonyl (C=O) groups excluding carboxylic acids is 2. The van der Waals surface area contributed by atoms with Crippen LogP contribution >= 0.6 is 0 Å². The summed E-state index contributed by atoms with van der Waals surface area (Å²) in [5.41, 5.74) is 4.38. The summed E-state index contributed by atoms with van der Waals surface area (Å²) in [5, 5.41) is 14.4. The molecule has 2 aromatic carbocycles. The number of hydrogen-bond donors (Lipinski definition) is 3. The third-order valence-electron chi connectivity index (χ3n) is 6.22. The van der Waals surface area contributed by atoms with Crippen LogP contribution in [-0.4, -0.2) is 41.2 Å². The number of aromatic nitrogens is 1. The number of nitrogens with zero attached hydrogens (tertiary/aromatic N) is 1. The van der Waals surface area contributed by atoms with Gasteiger partial charge in [-0.25, -0.2) is 14.6 Å². The van der Waals surface area contributed by atoms with Gasteiger partial charge in [-0.1, -0.05) is 61.9 Å². The number of rotatable bonds is 10. The maximum atomic E-state index is 12.4. The summed E-state index contributed by atoms with van der Waals surface area (Å²) < 4.78 is 10.6. The first-order chi connectivity index (χ1) is 17.0. The lowest BCUT2D eigenvalue weighted by Crippen LogP contribution is -2.33. The lowest BCUT2D eigenvalue weighted by molar-refractivity contribution is -0.122. The second-order valence-electron chi connectivity index (χ2n) is 8.39. The highest BCUT2D eigenvalue weighted by Crippen LogP contribution is 2.44. The zero-order valence-corrected chi connectivity index (χ0v) is 19.3. The van der Waals surface area contributed by atoms with Crippen LogP contribution in [0.4, 0.5) is 4.79 Å². The molecule has 1 heterocycles. The van der Waals surface area contributed by atoms with Gasteiger partial charge in [0.05, 0.1) is 6.54 Å². The maximum Gasteiger partial charge on any atom is 0.407 e. The topological polar surface area (TPSA) is 131 Å². The van der Waals surface area contributed by atoms with Crippen molar-refractivity contribution in [3.05, 3.63) is 77.5 Å². The predicted octanol–water partition coefficient (Wildman–Crippen LogP) is 3.94. The van der Waals surface area contributed by atoms with Crippen molar-refractivity contribution in [2.45, 2.75) is 32.2 Å². The van der Waals surface area contributed by atoms with E-state index in [0.29, 0.717) is 6.42 Å². The third-order valence-corrected chi connectivity index (χ3v) is 6.22. The van der Waals surface area contributed by atoms with Gasteiger partial charge >= 0.3 is 12.1 Å². The average molecular weight is 478 g/mol. The Balaban J connectivity index is 1.25. The lowest BCUT2D eigenvalue weighted by atomic mass is 9.98. The highest BCUT2D eigenvalue weighted by molar-refractivity contribution is 5.86. The average Bonchev–Trinajstić information content (AvgIpc) is 3.47. The van der Waals surface area contributed by atoms with Crippen molar-refractivity contribution in [1.29, 1.82) is 0 Å². The molecule has 4 rings (SSSR count). The molecule has 0 spiro atoms. The summed E-state index contributed by atoms with van der Waals surface area (Å²) in [7, 11) is 0. The van der Waals surface area contributed by atoms with E-state index in [1.54, 1.807) is 0 Å². The Morgan fingerprint density at radius 2 is 1.71 bits per heavy atom. The maximum absolute atomic E-state index is 12.4. The number of oxazole rings is 1. The first kappa shape index (κ1) is 24.0. The number of amides is 2. The predicted molar refractivity (Wildman–Crippen MR) is 127 cm³/mol. The molecule has 182 valence electrons. The van der Waals surface area contributed by atoms with Gasteiger partial charge in [0.25, 0.3) is 0 Å². The van der Waals surface area contributed by atoms with Gasteiger partial charge in [0.15, 0.2) is 17.8 Å². The fraction of sp³-hybridized carbons (Fsp3) is 0.308. The number of benzene rings is 2. The van der Waals surface area contributed by atoms with Crippen LogP contribution in [0.1, 0.15) is 53.1 Å². The fourth-order valence-electron chi connectivity index (χ4n) is 4.32. The molecule has 3 N–H and O–H groups in total. The van der Waals surface area contributed by atoms with E-state index in [9.17, 15) is 14.4 Å². The van der Waals surface area contributed by atoms with Crippen molar-refractivity contribution >= 4 is 18.0 Å². The Bertz CT molecular complexity index is 1180. The minimum atomic E-state index is -1.22. The molecule has 0 bridgehead atoms. The summed E-state index contributed by atoms with van der Waals surface area (Å²) in [6, 6.07) is 16.3. The smallest absolute Gasteiger partial charge is 0.407 e. The third kappa shape index (κ3) is 5.51. The molecule has 0 aliphatic heterocycles. The molecule has 1 atom stereocenters. The molecule has 0 saturated heterocycles. The first-order valence-corrected chi connectivity index (χ1v) is 11.5. The number of carboxylic acid groups (broad SMARTS) is 1. The van der Waals surface area contributed by atoms with Gasteiger partial charge in [-0.15, -0.1) is 0 Å². The molecule has 1 aliphatic rings. The molecule has 1 aliphatic carbocycles. The summed E-state index contributed by atoms with van der Waals surface area (Å²) in [6.07, 6.45) is 1.33. The molecular weight excluding hydrogens is 450 g/mol. The standard InChI is InChI=1S/C26H27N3O6/c1-2-16(11-23(30)27-13-22-24(25(31)32)29-15-35-22)12-28-26(33)34-14-21-19-9-5-3-7-17(19)18-8-4-6-10-20(18)21/h3-10,15-16,21H,2,11-14H2,1H3,(H,27,30)(H,28,33)(H,31,32). The molecule has 0 radical (unpaired) electrons. The van der Waals surface area contributed by atoms with Crippen molar-refractivity contribution in [1.82, 2.24) is 15.6 Å².